The van der Waals surface area contributed by atoms with Gasteiger partial charge in [-0.25, -0.2) is 0 Å². The van der Waals surface area contributed by atoms with Gasteiger partial charge in [-0.2, -0.15) is 0 Å². The molecule has 1 aliphatic rings. The molecule has 3 heteroatoms. The van der Waals surface area contributed by atoms with Crippen LogP contribution in [0.1, 0.15) is 12.8 Å². The molecule has 1 fully saturated rings. The first-order valence-corrected chi connectivity index (χ1v) is 2.61. The summed E-state index contributed by atoms with van der Waals surface area (Å²) in [6, 6.07) is 0.421. The van der Waals surface area contributed by atoms with Crippen molar-refractivity contribution >= 4 is 12.4 Å². The summed E-state index contributed by atoms with van der Waals surface area (Å²) in [6.45, 7) is 0. The number of halogens is 1. The highest BCUT2D eigenvalue weighted by atomic mass is 35.5. The van der Waals surface area contributed by atoms with Gasteiger partial charge in [0.25, 0.3) is 0 Å². The predicted octanol–water partition coefficient (Wildman–Crippen LogP) is 0.544. The number of hydrogen-bond donors (Lipinski definition) is 1. The molecule has 0 radical (unpaired) electrons. The maximum absolute atomic E-state index is 5.46. The largest absolute Gasteiger partial charge is 0.381 e. The summed E-state index contributed by atoms with van der Waals surface area (Å²) in [6.07, 6.45) is 2.57. The molecular weight excluding hydrogens is 126 g/mol. The Labute approximate surface area is 55.8 Å². The Kier molecular flexibility index (Phi) is 3.36. The molecule has 0 aromatic carbocycles. The minimum Gasteiger partial charge on any atom is -0.381 e. The van der Waals surface area contributed by atoms with Gasteiger partial charge in [0.1, 0.15) is 0 Å². The lowest BCUT2D eigenvalue weighted by atomic mass is 9.90. The van der Waals surface area contributed by atoms with E-state index in [1.807, 2.05) is 0 Å². The molecule has 0 atom stereocenters. The number of nitrogens with two attached hydrogens (primary N) is 1. The smallest absolute Gasteiger partial charge is 0.0600 e. The standard InChI is InChI=1S/C5H11NO.ClH/c1-7-5-2-4(6)3-5;/h4-5H,2-3,6H2,1H3;1H. The molecule has 0 bridgehead atoms. The van der Waals surface area contributed by atoms with E-state index in [0.717, 1.165) is 12.8 Å². The molecule has 8 heavy (non-hydrogen) atoms. The Morgan fingerprint density at radius 2 is 2.00 bits per heavy atom. The van der Waals surface area contributed by atoms with Crippen LogP contribution in [0.2, 0.25) is 0 Å². The van der Waals surface area contributed by atoms with Crippen molar-refractivity contribution in [2.75, 3.05) is 7.11 Å². The fraction of sp³-hybridized carbons (Fsp3) is 1.00. The Bertz CT molecular complexity index is 63.4. The third kappa shape index (κ3) is 1.62. The summed E-state index contributed by atoms with van der Waals surface area (Å²) in [5.74, 6) is 0. The molecule has 0 saturated heterocycles. The van der Waals surface area contributed by atoms with E-state index in [4.69, 9.17) is 10.5 Å². The van der Waals surface area contributed by atoms with E-state index in [1.165, 1.54) is 0 Å². The summed E-state index contributed by atoms with van der Waals surface area (Å²) in [5.41, 5.74) is 5.46. The molecular formula is C5H12ClNO. The Hall–Kier alpha value is 0.210. The lowest BCUT2D eigenvalue weighted by molar-refractivity contribution is 0.0279. The summed E-state index contributed by atoms with van der Waals surface area (Å²) < 4.78 is 4.98. The summed E-state index contributed by atoms with van der Waals surface area (Å²) in [5, 5.41) is 0. The molecule has 1 saturated carbocycles. The highest BCUT2D eigenvalue weighted by molar-refractivity contribution is 5.85. The van der Waals surface area contributed by atoms with Crippen LogP contribution in [0, 0.1) is 0 Å². The van der Waals surface area contributed by atoms with Gasteiger partial charge >= 0.3 is 0 Å². The third-order valence-corrected chi connectivity index (χ3v) is 1.46. The van der Waals surface area contributed by atoms with Crippen molar-refractivity contribution in [3.8, 4) is 0 Å². The van der Waals surface area contributed by atoms with Crippen LogP contribution < -0.4 is 5.73 Å². The van der Waals surface area contributed by atoms with Crippen molar-refractivity contribution in [3.05, 3.63) is 0 Å². The summed E-state index contributed by atoms with van der Waals surface area (Å²) in [7, 11) is 1.73. The van der Waals surface area contributed by atoms with Gasteiger partial charge in [0.05, 0.1) is 6.10 Å². The van der Waals surface area contributed by atoms with Crippen molar-refractivity contribution in [2.24, 2.45) is 5.73 Å². The zero-order valence-corrected chi connectivity index (χ0v) is 5.78. The second-order valence-corrected chi connectivity index (χ2v) is 2.09. The van der Waals surface area contributed by atoms with Gasteiger partial charge in [-0.3, -0.25) is 0 Å². The minimum absolute atomic E-state index is 0. The lowest BCUT2D eigenvalue weighted by Gasteiger charge is -2.30. The molecule has 0 heterocycles. The monoisotopic (exact) mass is 137 g/mol. The van der Waals surface area contributed by atoms with Gasteiger partial charge in [-0.05, 0) is 12.8 Å². The average Bonchev–Trinajstić information content (AvgIpc) is 1.58. The number of ether oxygens (including phenoxy) is 1. The zero-order valence-electron chi connectivity index (χ0n) is 4.96. The predicted molar refractivity (Wildman–Crippen MR) is 35.3 cm³/mol. The number of hydrogen-bond acceptors (Lipinski definition) is 2. The van der Waals surface area contributed by atoms with E-state index in [1.54, 1.807) is 7.11 Å². The second-order valence-electron chi connectivity index (χ2n) is 2.09. The molecule has 0 aliphatic heterocycles. The van der Waals surface area contributed by atoms with Crippen molar-refractivity contribution in [1.29, 1.82) is 0 Å². The molecule has 0 aromatic heterocycles. The molecule has 50 valence electrons. The highest BCUT2D eigenvalue weighted by Crippen LogP contribution is 2.19. The molecule has 2 N–H and O–H groups in total. The highest BCUT2D eigenvalue weighted by Gasteiger charge is 2.24. The van der Waals surface area contributed by atoms with Crippen LogP contribution in [0.3, 0.4) is 0 Å². The maximum atomic E-state index is 5.46. The molecule has 0 spiro atoms. The Morgan fingerprint density at radius 3 is 2.12 bits per heavy atom. The van der Waals surface area contributed by atoms with Crippen molar-refractivity contribution in [3.63, 3.8) is 0 Å². The fourth-order valence-corrected chi connectivity index (χ4v) is 0.799. The topological polar surface area (TPSA) is 35.2 Å². The lowest BCUT2D eigenvalue weighted by Crippen LogP contribution is -2.40. The van der Waals surface area contributed by atoms with E-state index in [2.05, 4.69) is 0 Å². The average molecular weight is 138 g/mol. The normalized spacial score (nSPS) is 35.2. The van der Waals surface area contributed by atoms with Gasteiger partial charge in [-0.1, -0.05) is 0 Å². The second kappa shape index (κ2) is 3.28. The van der Waals surface area contributed by atoms with Crippen molar-refractivity contribution < 1.29 is 4.74 Å². The van der Waals surface area contributed by atoms with E-state index in [9.17, 15) is 0 Å². The number of methoxy groups -OCH3 is 1. The van der Waals surface area contributed by atoms with E-state index < -0.39 is 0 Å². The molecule has 0 unspecified atom stereocenters. The zero-order chi connectivity index (χ0) is 5.28. The van der Waals surface area contributed by atoms with Crippen LogP contribution in [0.5, 0.6) is 0 Å². The summed E-state index contributed by atoms with van der Waals surface area (Å²) in [4.78, 5) is 0. The van der Waals surface area contributed by atoms with Crippen molar-refractivity contribution in [2.45, 2.75) is 25.0 Å². The SMILES string of the molecule is COC1CC(N)C1.Cl. The first-order chi connectivity index (χ1) is 3.33. The van der Waals surface area contributed by atoms with Crippen LogP contribution >= 0.6 is 12.4 Å². The third-order valence-electron chi connectivity index (χ3n) is 1.46. The van der Waals surface area contributed by atoms with Crippen LogP contribution in [0.15, 0.2) is 0 Å². The Morgan fingerprint density at radius 1 is 1.50 bits per heavy atom. The first kappa shape index (κ1) is 8.21. The van der Waals surface area contributed by atoms with Crippen LogP contribution in [0.25, 0.3) is 0 Å². The van der Waals surface area contributed by atoms with Crippen LogP contribution in [0.4, 0.5) is 0 Å². The minimum atomic E-state index is 0. The quantitative estimate of drug-likeness (QED) is 0.573. The molecule has 0 aromatic rings. The van der Waals surface area contributed by atoms with Gasteiger partial charge < -0.3 is 10.5 Å². The van der Waals surface area contributed by atoms with E-state index in [0.29, 0.717) is 12.1 Å². The first-order valence-electron chi connectivity index (χ1n) is 2.61. The number of rotatable bonds is 1. The van der Waals surface area contributed by atoms with Crippen LogP contribution in [-0.4, -0.2) is 19.3 Å². The van der Waals surface area contributed by atoms with Gasteiger partial charge in [0.2, 0.25) is 0 Å². The van der Waals surface area contributed by atoms with Gasteiger partial charge in [0.15, 0.2) is 0 Å². The molecule has 0 amide bonds. The van der Waals surface area contributed by atoms with Crippen LogP contribution in [-0.2, 0) is 4.74 Å². The maximum Gasteiger partial charge on any atom is 0.0600 e. The van der Waals surface area contributed by atoms with Crippen molar-refractivity contribution in [1.82, 2.24) is 0 Å². The molecule has 1 rings (SSSR count). The molecule has 2 nitrogen and oxygen atoms in total. The fourth-order valence-electron chi connectivity index (χ4n) is 0.799. The molecule has 1 aliphatic carbocycles. The van der Waals surface area contributed by atoms with Gasteiger partial charge in [-0.15, -0.1) is 12.4 Å². The van der Waals surface area contributed by atoms with E-state index >= 15 is 0 Å². The van der Waals surface area contributed by atoms with Gasteiger partial charge in [0, 0.05) is 13.2 Å². The summed E-state index contributed by atoms with van der Waals surface area (Å²) >= 11 is 0. The Balaban J connectivity index is 0.000000490. The van der Waals surface area contributed by atoms with E-state index in [-0.39, 0.29) is 12.4 Å².